The Bertz CT molecular complexity index is 602. The molecule has 0 bridgehead atoms. The molecule has 0 aliphatic heterocycles. The quantitative estimate of drug-likeness (QED) is 0.660. The molecule has 0 heterocycles. The fourth-order valence-corrected chi connectivity index (χ4v) is 2.23. The summed E-state index contributed by atoms with van der Waals surface area (Å²) in [7, 11) is 0. The molecule has 2 aromatic rings. The van der Waals surface area contributed by atoms with Gasteiger partial charge in [0.2, 0.25) is 0 Å². The van der Waals surface area contributed by atoms with Gasteiger partial charge in [-0.15, -0.1) is 0 Å². The first kappa shape index (κ1) is 14.3. The van der Waals surface area contributed by atoms with Gasteiger partial charge in [0.15, 0.2) is 0 Å². The summed E-state index contributed by atoms with van der Waals surface area (Å²) in [6.07, 6.45) is 0.792. The van der Waals surface area contributed by atoms with Crippen molar-refractivity contribution in [1.82, 2.24) is 0 Å². The van der Waals surface area contributed by atoms with Crippen molar-refractivity contribution in [3.05, 3.63) is 69.2 Å². The molecule has 0 aliphatic rings. The molecule has 0 spiro atoms. The minimum Gasteiger partial charge on any atom is -0.377 e. The maximum atomic E-state index is 11.0. The SMILES string of the molecule is CC(Cc1ccccc1)Nc1ccc(Cl)cc1[N+](=O)[O-]. The third-order valence-corrected chi connectivity index (χ3v) is 3.18. The third kappa shape index (κ3) is 3.71. The lowest BCUT2D eigenvalue weighted by Gasteiger charge is -2.15. The highest BCUT2D eigenvalue weighted by Crippen LogP contribution is 2.28. The first-order valence-corrected chi connectivity index (χ1v) is 6.68. The van der Waals surface area contributed by atoms with Crippen LogP contribution in [0.25, 0.3) is 0 Å². The van der Waals surface area contributed by atoms with Gasteiger partial charge in [0.05, 0.1) is 4.92 Å². The Kier molecular flexibility index (Phi) is 4.58. The van der Waals surface area contributed by atoms with E-state index in [9.17, 15) is 10.1 Å². The molecule has 0 saturated carbocycles. The molecule has 1 unspecified atom stereocenters. The molecular weight excluding hydrogens is 276 g/mol. The van der Waals surface area contributed by atoms with E-state index in [-0.39, 0.29) is 11.7 Å². The Morgan fingerprint density at radius 2 is 1.95 bits per heavy atom. The number of anilines is 1. The second kappa shape index (κ2) is 6.39. The number of benzene rings is 2. The summed E-state index contributed by atoms with van der Waals surface area (Å²) >= 11 is 5.79. The molecular formula is C15H15ClN2O2. The van der Waals surface area contributed by atoms with Gasteiger partial charge in [-0.3, -0.25) is 10.1 Å². The van der Waals surface area contributed by atoms with Crippen molar-refractivity contribution >= 4 is 23.0 Å². The molecule has 0 amide bonds. The number of nitro benzene ring substituents is 1. The summed E-state index contributed by atoms with van der Waals surface area (Å²) in [6.45, 7) is 1.99. The van der Waals surface area contributed by atoms with Gasteiger partial charge in [0.25, 0.3) is 5.69 Å². The number of hydrogen-bond acceptors (Lipinski definition) is 3. The van der Waals surface area contributed by atoms with Gasteiger partial charge in [-0.25, -0.2) is 0 Å². The van der Waals surface area contributed by atoms with Crippen LogP contribution in [0.3, 0.4) is 0 Å². The van der Waals surface area contributed by atoms with Gasteiger partial charge in [0, 0.05) is 17.1 Å². The first-order chi connectivity index (χ1) is 9.56. The number of nitrogens with one attached hydrogen (secondary N) is 1. The van der Waals surface area contributed by atoms with Crippen molar-refractivity contribution in [1.29, 1.82) is 0 Å². The van der Waals surface area contributed by atoms with E-state index >= 15 is 0 Å². The van der Waals surface area contributed by atoms with Crippen molar-refractivity contribution in [2.24, 2.45) is 0 Å². The number of rotatable bonds is 5. The summed E-state index contributed by atoms with van der Waals surface area (Å²) in [5.74, 6) is 0. The number of nitrogens with zero attached hydrogens (tertiary/aromatic N) is 1. The maximum absolute atomic E-state index is 11.0. The molecule has 2 aromatic carbocycles. The maximum Gasteiger partial charge on any atom is 0.293 e. The summed E-state index contributed by atoms with van der Waals surface area (Å²) in [4.78, 5) is 10.6. The lowest BCUT2D eigenvalue weighted by molar-refractivity contribution is -0.384. The van der Waals surface area contributed by atoms with E-state index in [1.54, 1.807) is 12.1 Å². The topological polar surface area (TPSA) is 55.2 Å². The molecule has 1 N–H and O–H groups in total. The van der Waals surface area contributed by atoms with Gasteiger partial charge in [-0.05, 0) is 31.0 Å². The fourth-order valence-electron chi connectivity index (χ4n) is 2.06. The standard InChI is InChI=1S/C15H15ClN2O2/c1-11(9-12-5-3-2-4-6-12)17-14-8-7-13(16)10-15(14)18(19)20/h2-8,10-11,17H,9H2,1H3. The van der Waals surface area contributed by atoms with Crippen LogP contribution in [0, 0.1) is 10.1 Å². The van der Waals surface area contributed by atoms with Crippen LogP contribution in [-0.2, 0) is 6.42 Å². The molecule has 0 aromatic heterocycles. The lowest BCUT2D eigenvalue weighted by atomic mass is 10.1. The molecule has 20 heavy (non-hydrogen) atoms. The smallest absolute Gasteiger partial charge is 0.293 e. The van der Waals surface area contributed by atoms with Crippen LogP contribution < -0.4 is 5.32 Å². The summed E-state index contributed by atoms with van der Waals surface area (Å²) in [5, 5.41) is 14.5. The second-order valence-corrected chi connectivity index (χ2v) is 5.09. The molecule has 104 valence electrons. The minimum absolute atomic E-state index is 0.00240. The molecule has 1 atom stereocenters. The van der Waals surface area contributed by atoms with E-state index in [1.807, 2.05) is 37.3 Å². The third-order valence-electron chi connectivity index (χ3n) is 2.94. The van der Waals surface area contributed by atoms with Gasteiger partial charge < -0.3 is 5.32 Å². The summed E-state index contributed by atoms with van der Waals surface area (Å²) in [5.41, 5.74) is 1.67. The number of nitro groups is 1. The van der Waals surface area contributed by atoms with E-state index in [2.05, 4.69) is 5.32 Å². The van der Waals surface area contributed by atoms with Crippen LogP contribution in [0.15, 0.2) is 48.5 Å². The van der Waals surface area contributed by atoms with Crippen molar-refractivity contribution in [2.75, 3.05) is 5.32 Å². The average Bonchev–Trinajstić information content (AvgIpc) is 2.41. The first-order valence-electron chi connectivity index (χ1n) is 6.30. The molecule has 0 aliphatic carbocycles. The van der Waals surface area contributed by atoms with Crippen LogP contribution in [0.5, 0.6) is 0 Å². The fraction of sp³-hybridized carbons (Fsp3) is 0.200. The highest BCUT2D eigenvalue weighted by molar-refractivity contribution is 6.30. The second-order valence-electron chi connectivity index (χ2n) is 4.65. The van der Waals surface area contributed by atoms with Crippen LogP contribution in [0.2, 0.25) is 5.02 Å². The highest BCUT2D eigenvalue weighted by atomic mass is 35.5. The van der Waals surface area contributed by atoms with Crippen molar-refractivity contribution < 1.29 is 4.92 Å². The van der Waals surface area contributed by atoms with E-state index in [4.69, 9.17) is 11.6 Å². The summed E-state index contributed by atoms with van der Waals surface area (Å²) in [6, 6.07) is 14.7. The zero-order chi connectivity index (χ0) is 14.5. The van der Waals surface area contributed by atoms with Gasteiger partial charge in [0.1, 0.15) is 5.69 Å². The van der Waals surface area contributed by atoms with E-state index in [0.29, 0.717) is 10.7 Å². The van der Waals surface area contributed by atoms with Crippen molar-refractivity contribution in [3.63, 3.8) is 0 Å². The Hall–Kier alpha value is -2.07. The largest absolute Gasteiger partial charge is 0.377 e. The molecule has 4 nitrogen and oxygen atoms in total. The molecule has 5 heteroatoms. The van der Waals surface area contributed by atoms with Gasteiger partial charge in [-0.1, -0.05) is 41.9 Å². The Morgan fingerprint density at radius 1 is 1.25 bits per heavy atom. The highest BCUT2D eigenvalue weighted by Gasteiger charge is 2.16. The van der Waals surface area contributed by atoms with E-state index in [1.165, 1.54) is 11.6 Å². The Labute approximate surface area is 122 Å². The zero-order valence-electron chi connectivity index (χ0n) is 11.0. The normalized spacial score (nSPS) is 11.9. The molecule has 2 rings (SSSR count). The molecule has 0 radical (unpaired) electrons. The van der Waals surface area contributed by atoms with E-state index in [0.717, 1.165) is 6.42 Å². The predicted octanol–water partition coefficient (Wildman–Crippen LogP) is 4.29. The summed E-state index contributed by atoms with van der Waals surface area (Å²) < 4.78 is 0. The molecule has 0 fully saturated rings. The van der Waals surface area contributed by atoms with Crippen molar-refractivity contribution in [3.8, 4) is 0 Å². The van der Waals surface area contributed by atoms with Gasteiger partial charge in [-0.2, -0.15) is 0 Å². The van der Waals surface area contributed by atoms with E-state index < -0.39 is 4.92 Å². The lowest BCUT2D eigenvalue weighted by Crippen LogP contribution is -2.18. The van der Waals surface area contributed by atoms with Crippen LogP contribution >= 0.6 is 11.6 Å². The zero-order valence-corrected chi connectivity index (χ0v) is 11.8. The molecule has 0 saturated heterocycles. The van der Waals surface area contributed by atoms with Gasteiger partial charge >= 0.3 is 0 Å². The Balaban J connectivity index is 2.11. The predicted molar refractivity (Wildman–Crippen MR) is 81.3 cm³/mol. The number of halogens is 1. The van der Waals surface area contributed by atoms with Crippen LogP contribution in [0.4, 0.5) is 11.4 Å². The average molecular weight is 291 g/mol. The van der Waals surface area contributed by atoms with Crippen molar-refractivity contribution in [2.45, 2.75) is 19.4 Å². The van der Waals surface area contributed by atoms with Crippen LogP contribution in [0.1, 0.15) is 12.5 Å². The van der Waals surface area contributed by atoms with Crippen LogP contribution in [-0.4, -0.2) is 11.0 Å². The number of hydrogen-bond donors (Lipinski definition) is 1. The Morgan fingerprint density at radius 3 is 2.60 bits per heavy atom. The minimum atomic E-state index is -0.427. The monoisotopic (exact) mass is 290 g/mol.